The van der Waals surface area contributed by atoms with E-state index in [9.17, 15) is 20.4 Å². The lowest BCUT2D eigenvalue weighted by atomic mass is 9.94. The zero-order valence-electron chi connectivity index (χ0n) is 15.8. The number of nitrogens with one attached hydrogen (secondary N) is 1. The molecule has 2 aromatic carbocycles. The SMILES string of the molecule is Cc1ccccc1-c1cc(C#CC2OC(CO)[C@@H](O)C(O)[C@@H]2O)c2[nH]ncc2c1. The second-order valence-corrected chi connectivity index (χ2v) is 7.19. The summed E-state index contributed by atoms with van der Waals surface area (Å²) in [6, 6.07) is 12.0. The van der Waals surface area contributed by atoms with Crippen LogP contribution in [0.2, 0.25) is 0 Å². The van der Waals surface area contributed by atoms with E-state index in [1.165, 1.54) is 0 Å². The van der Waals surface area contributed by atoms with Crippen LogP contribution in [-0.4, -0.2) is 67.8 Å². The number of fused-ring (bicyclic) bond motifs is 1. The standard InChI is InChI=1S/C22H22N2O5/c1-12-4-2-3-5-16(12)14-8-13(19-15(9-14)10-23-24-19)6-7-17-20(26)22(28)21(27)18(11-25)29-17/h2-5,8-10,17-18,20-22,25-28H,11H2,1H3,(H,23,24)/t17?,18?,20-,21-,22?/m1/s1. The summed E-state index contributed by atoms with van der Waals surface area (Å²) in [5, 5.41) is 47.3. The molecule has 0 saturated carbocycles. The lowest BCUT2D eigenvalue weighted by Gasteiger charge is -2.37. The molecule has 1 fully saturated rings. The van der Waals surface area contributed by atoms with Crippen LogP contribution >= 0.6 is 0 Å². The molecular formula is C22H22N2O5. The maximum absolute atomic E-state index is 10.2. The second kappa shape index (κ2) is 7.95. The van der Waals surface area contributed by atoms with Crippen molar-refractivity contribution < 1.29 is 25.2 Å². The Bertz CT molecular complexity index is 1080. The molecule has 150 valence electrons. The fourth-order valence-electron chi connectivity index (χ4n) is 3.58. The Morgan fingerprint density at radius 3 is 2.66 bits per heavy atom. The molecule has 1 aliphatic rings. The van der Waals surface area contributed by atoms with Gasteiger partial charge in [-0.05, 0) is 35.7 Å². The van der Waals surface area contributed by atoms with Crippen LogP contribution in [0.4, 0.5) is 0 Å². The summed E-state index contributed by atoms with van der Waals surface area (Å²) < 4.78 is 5.47. The van der Waals surface area contributed by atoms with Crippen LogP contribution in [0, 0.1) is 18.8 Å². The molecule has 5 N–H and O–H groups in total. The van der Waals surface area contributed by atoms with E-state index in [1.807, 2.05) is 43.3 Å². The molecule has 0 amide bonds. The minimum Gasteiger partial charge on any atom is -0.394 e. The first-order valence-electron chi connectivity index (χ1n) is 9.35. The predicted molar refractivity (Wildman–Crippen MR) is 107 cm³/mol. The van der Waals surface area contributed by atoms with Gasteiger partial charge in [0.2, 0.25) is 0 Å². The minimum absolute atomic E-state index is 0.489. The molecule has 1 saturated heterocycles. The van der Waals surface area contributed by atoms with Gasteiger partial charge in [-0.15, -0.1) is 0 Å². The molecule has 0 bridgehead atoms. The molecule has 4 rings (SSSR count). The number of aromatic nitrogens is 2. The molecule has 1 aromatic heterocycles. The van der Waals surface area contributed by atoms with Gasteiger partial charge in [-0.1, -0.05) is 36.1 Å². The predicted octanol–water partition coefficient (Wildman–Crippen LogP) is 0.732. The highest BCUT2D eigenvalue weighted by Crippen LogP contribution is 2.29. The largest absolute Gasteiger partial charge is 0.394 e. The van der Waals surface area contributed by atoms with Crippen molar-refractivity contribution in [1.82, 2.24) is 10.2 Å². The average molecular weight is 394 g/mol. The second-order valence-electron chi connectivity index (χ2n) is 7.19. The summed E-state index contributed by atoms with van der Waals surface area (Å²) in [6.07, 6.45) is -4.57. The maximum atomic E-state index is 10.2. The molecule has 3 aromatic rings. The smallest absolute Gasteiger partial charge is 0.147 e. The van der Waals surface area contributed by atoms with Crippen LogP contribution in [0.3, 0.4) is 0 Å². The van der Waals surface area contributed by atoms with Crippen molar-refractivity contribution in [1.29, 1.82) is 0 Å². The molecule has 7 heteroatoms. The van der Waals surface area contributed by atoms with Crippen molar-refractivity contribution in [2.75, 3.05) is 6.61 Å². The highest BCUT2D eigenvalue weighted by Gasteiger charge is 2.42. The highest BCUT2D eigenvalue weighted by atomic mass is 16.5. The zero-order valence-corrected chi connectivity index (χ0v) is 15.8. The van der Waals surface area contributed by atoms with Crippen LogP contribution < -0.4 is 0 Å². The maximum Gasteiger partial charge on any atom is 0.147 e. The van der Waals surface area contributed by atoms with E-state index < -0.39 is 37.1 Å². The fourth-order valence-corrected chi connectivity index (χ4v) is 3.58. The van der Waals surface area contributed by atoms with Gasteiger partial charge >= 0.3 is 0 Å². The summed E-state index contributed by atoms with van der Waals surface area (Å²) >= 11 is 0. The third kappa shape index (κ3) is 3.65. The molecule has 29 heavy (non-hydrogen) atoms. The lowest BCUT2D eigenvalue weighted by molar-refractivity contribution is -0.214. The molecule has 7 nitrogen and oxygen atoms in total. The molecule has 2 heterocycles. The first-order valence-corrected chi connectivity index (χ1v) is 9.35. The number of hydrogen-bond acceptors (Lipinski definition) is 6. The Morgan fingerprint density at radius 1 is 1.10 bits per heavy atom. The summed E-state index contributed by atoms with van der Waals surface area (Å²) in [4.78, 5) is 0. The van der Waals surface area contributed by atoms with Crippen molar-refractivity contribution in [3.63, 3.8) is 0 Å². The van der Waals surface area contributed by atoms with Crippen LogP contribution in [0.25, 0.3) is 22.0 Å². The fraction of sp³-hybridized carbons (Fsp3) is 0.318. The Morgan fingerprint density at radius 2 is 1.90 bits per heavy atom. The Balaban J connectivity index is 1.74. The third-order valence-electron chi connectivity index (χ3n) is 5.25. The van der Waals surface area contributed by atoms with Crippen molar-refractivity contribution >= 4 is 10.9 Å². The number of H-pyrrole nitrogens is 1. The van der Waals surface area contributed by atoms with Gasteiger partial charge in [-0.3, -0.25) is 5.10 Å². The van der Waals surface area contributed by atoms with Crippen molar-refractivity contribution in [3.8, 4) is 23.0 Å². The van der Waals surface area contributed by atoms with Gasteiger partial charge in [0.25, 0.3) is 0 Å². The number of aliphatic hydroxyl groups is 4. The average Bonchev–Trinajstić information content (AvgIpc) is 3.20. The molecular weight excluding hydrogens is 372 g/mol. The normalized spacial score (nSPS) is 26.9. The van der Waals surface area contributed by atoms with E-state index in [0.29, 0.717) is 5.56 Å². The van der Waals surface area contributed by atoms with Gasteiger partial charge in [-0.2, -0.15) is 5.10 Å². The number of hydrogen-bond donors (Lipinski definition) is 5. The Kier molecular flexibility index (Phi) is 5.37. The third-order valence-corrected chi connectivity index (χ3v) is 5.25. The van der Waals surface area contributed by atoms with Crippen molar-refractivity contribution in [3.05, 3.63) is 53.7 Å². The van der Waals surface area contributed by atoms with E-state index >= 15 is 0 Å². The summed E-state index contributed by atoms with van der Waals surface area (Å²) in [7, 11) is 0. The van der Waals surface area contributed by atoms with Gasteiger partial charge in [0.15, 0.2) is 0 Å². The molecule has 1 aliphatic heterocycles. The highest BCUT2D eigenvalue weighted by molar-refractivity contribution is 5.89. The summed E-state index contributed by atoms with van der Waals surface area (Å²) in [5.74, 6) is 5.83. The monoisotopic (exact) mass is 394 g/mol. The first-order chi connectivity index (χ1) is 14.0. The van der Waals surface area contributed by atoms with E-state index in [4.69, 9.17) is 4.74 Å². The van der Waals surface area contributed by atoms with Gasteiger partial charge in [0.05, 0.1) is 23.9 Å². The van der Waals surface area contributed by atoms with Crippen LogP contribution in [0.1, 0.15) is 11.1 Å². The number of benzene rings is 2. The topological polar surface area (TPSA) is 119 Å². The quantitative estimate of drug-likeness (QED) is 0.409. The minimum atomic E-state index is -1.45. The number of rotatable bonds is 2. The number of nitrogens with zero attached hydrogens (tertiary/aromatic N) is 1. The van der Waals surface area contributed by atoms with E-state index in [2.05, 4.69) is 22.0 Å². The van der Waals surface area contributed by atoms with Gasteiger partial charge in [0.1, 0.15) is 30.5 Å². The van der Waals surface area contributed by atoms with Crippen LogP contribution in [-0.2, 0) is 4.74 Å². The van der Waals surface area contributed by atoms with Crippen molar-refractivity contribution in [2.45, 2.75) is 37.4 Å². The van der Waals surface area contributed by atoms with E-state index in [-0.39, 0.29) is 0 Å². The zero-order chi connectivity index (χ0) is 20.5. The molecule has 0 aliphatic carbocycles. The Labute approximate surface area is 167 Å². The summed E-state index contributed by atoms with van der Waals surface area (Å²) in [6.45, 7) is 1.55. The lowest BCUT2D eigenvalue weighted by Crippen LogP contribution is -2.58. The number of aliphatic hydroxyl groups excluding tert-OH is 4. The molecule has 3 unspecified atom stereocenters. The van der Waals surface area contributed by atoms with Crippen LogP contribution in [0.5, 0.6) is 0 Å². The van der Waals surface area contributed by atoms with Gasteiger partial charge in [0, 0.05) is 5.39 Å². The van der Waals surface area contributed by atoms with Gasteiger partial charge in [-0.25, -0.2) is 0 Å². The van der Waals surface area contributed by atoms with Gasteiger partial charge < -0.3 is 25.2 Å². The molecule has 5 atom stereocenters. The van der Waals surface area contributed by atoms with E-state index in [1.54, 1.807) is 6.20 Å². The van der Waals surface area contributed by atoms with Crippen LogP contribution in [0.15, 0.2) is 42.6 Å². The number of aromatic amines is 1. The number of aryl methyl sites for hydroxylation is 1. The first kappa shape index (κ1) is 19.6. The van der Waals surface area contributed by atoms with E-state index in [0.717, 1.165) is 27.6 Å². The molecule has 0 spiro atoms. The molecule has 0 radical (unpaired) electrons. The van der Waals surface area contributed by atoms with Crippen molar-refractivity contribution in [2.24, 2.45) is 0 Å². The Hall–Kier alpha value is -2.73. The number of ether oxygens (including phenoxy) is 1. The summed E-state index contributed by atoms with van der Waals surface area (Å²) in [5.41, 5.74) is 4.60.